The maximum absolute atomic E-state index is 13.6. The first-order valence-corrected chi connectivity index (χ1v) is 9.44. The maximum atomic E-state index is 13.6. The Morgan fingerprint density at radius 1 is 1.26 bits per heavy atom. The number of aryl methyl sites for hydroxylation is 1. The summed E-state index contributed by atoms with van der Waals surface area (Å²) in [6, 6.07) is 6.78. The molecular formula is C17H21ClFN5O2S. The molecule has 2 heterocycles. The van der Waals surface area contributed by atoms with Crippen molar-refractivity contribution in [2.45, 2.75) is 23.3 Å². The van der Waals surface area contributed by atoms with Gasteiger partial charge in [-0.3, -0.25) is 0 Å². The van der Waals surface area contributed by atoms with E-state index in [1.807, 2.05) is 32.0 Å². The van der Waals surface area contributed by atoms with Crippen LogP contribution in [0, 0.1) is 12.7 Å². The van der Waals surface area contributed by atoms with Gasteiger partial charge in [-0.2, -0.15) is 0 Å². The fourth-order valence-corrected chi connectivity index (χ4v) is 4.31. The van der Waals surface area contributed by atoms with Gasteiger partial charge in [0.15, 0.2) is 16.4 Å². The Labute approximate surface area is 163 Å². The normalized spacial score (nSPS) is 11.6. The van der Waals surface area contributed by atoms with Gasteiger partial charge in [-0.25, -0.2) is 22.3 Å². The molecule has 10 heteroatoms. The third kappa shape index (κ3) is 3.90. The predicted octanol–water partition coefficient (Wildman–Crippen LogP) is 2.53. The third-order valence-corrected chi connectivity index (χ3v) is 5.66. The highest BCUT2D eigenvalue weighted by atomic mass is 35.5. The van der Waals surface area contributed by atoms with E-state index in [0.717, 1.165) is 17.5 Å². The fourth-order valence-electron chi connectivity index (χ4n) is 2.78. The Morgan fingerprint density at radius 2 is 1.96 bits per heavy atom. The van der Waals surface area contributed by atoms with Crippen molar-refractivity contribution in [2.75, 3.05) is 26.5 Å². The van der Waals surface area contributed by atoms with Crippen molar-refractivity contribution < 1.29 is 12.8 Å². The molecule has 2 aromatic heterocycles. The summed E-state index contributed by atoms with van der Waals surface area (Å²) in [6.07, 6.45) is 0. The summed E-state index contributed by atoms with van der Waals surface area (Å²) in [5.41, 5.74) is 1.69. The van der Waals surface area contributed by atoms with Crippen LogP contribution >= 0.6 is 12.4 Å². The monoisotopic (exact) mass is 413 g/mol. The molecule has 0 unspecified atom stereocenters. The molecule has 1 aromatic carbocycles. The van der Waals surface area contributed by atoms with Crippen molar-refractivity contribution in [1.29, 1.82) is 0 Å². The predicted molar refractivity (Wildman–Crippen MR) is 104 cm³/mol. The molecule has 0 radical (unpaired) electrons. The fraction of sp³-hybridized carbons (Fsp3) is 0.294. The number of nitrogens with one attached hydrogen (secondary N) is 1. The van der Waals surface area contributed by atoms with Crippen LogP contribution in [0.3, 0.4) is 0 Å². The van der Waals surface area contributed by atoms with Crippen molar-refractivity contribution in [1.82, 2.24) is 19.5 Å². The molecule has 27 heavy (non-hydrogen) atoms. The van der Waals surface area contributed by atoms with Crippen molar-refractivity contribution in [3.63, 3.8) is 0 Å². The lowest BCUT2D eigenvalue weighted by molar-refractivity contribution is 0.396. The summed E-state index contributed by atoms with van der Waals surface area (Å²) in [6.45, 7) is 2.38. The van der Waals surface area contributed by atoms with E-state index in [1.54, 1.807) is 7.05 Å². The van der Waals surface area contributed by atoms with E-state index in [1.165, 1.54) is 22.7 Å². The van der Waals surface area contributed by atoms with Crippen molar-refractivity contribution >= 4 is 33.7 Å². The third-order valence-electron chi connectivity index (χ3n) is 3.87. The Morgan fingerprint density at radius 3 is 2.56 bits per heavy atom. The van der Waals surface area contributed by atoms with Crippen LogP contribution in [-0.2, 0) is 16.4 Å². The van der Waals surface area contributed by atoms with Gasteiger partial charge < -0.3 is 10.2 Å². The number of halogens is 2. The van der Waals surface area contributed by atoms with Crippen LogP contribution < -0.4 is 5.32 Å². The number of aromatic nitrogens is 3. The summed E-state index contributed by atoms with van der Waals surface area (Å²) in [5, 5.41) is 7.13. The van der Waals surface area contributed by atoms with Crippen molar-refractivity contribution in [2.24, 2.45) is 0 Å². The molecular weight excluding hydrogens is 393 g/mol. The van der Waals surface area contributed by atoms with Crippen LogP contribution in [0.4, 0.5) is 10.2 Å². The number of rotatable bonds is 5. The van der Waals surface area contributed by atoms with Crippen LogP contribution in [0.15, 0.2) is 40.1 Å². The highest BCUT2D eigenvalue weighted by molar-refractivity contribution is 7.91. The van der Waals surface area contributed by atoms with Gasteiger partial charge in [0.05, 0.1) is 10.6 Å². The van der Waals surface area contributed by atoms with Gasteiger partial charge in [-0.05, 0) is 45.3 Å². The van der Waals surface area contributed by atoms with Gasteiger partial charge in [-0.15, -0.1) is 17.5 Å². The van der Waals surface area contributed by atoms with E-state index >= 15 is 0 Å². The first kappa shape index (κ1) is 21.1. The summed E-state index contributed by atoms with van der Waals surface area (Å²) >= 11 is 0. The van der Waals surface area contributed by atoms with Crippen LogP contribution in [0.5, 0.6) is 0 Å². The summed E-state index contributed by atoms with van der Waals surface area (Å²) in [5.74, 6) is -0.446. The minimum atomic E-state index is -4.01. The van der Waals surface area contributed by atoms with E-state index < -0.39 is 15.7 Å². The molecule has 3 aromatic rings. The van der Waals surface area contributed by atoms with Crippen LogP contribution in [0.1, 0.15) is 11.4 Å². The summed E-state index contributed by atoms with van der Waals surface area (Å²) < 4.78 is 41.4. The zero-order chi connectivity index (χ0) is 19.1. The Kier molecular flexibility index (Phi) is 6.08. The second-order valence-corrected chi connectivity index (χ2v) is 8.14. The highest BCUT2D eigenvalue weighted by Gasteiger charge is 2.29. The zero-order valence-electron chi connectivity index (χ0n) is 15.4. The highest BCUT2D eigenvalue weighted by Crippen LogP contribution is 2.31. The molecule has 0 aliphatic heterocycles. The second-order valence-electron chi connectivity index (χ2n) is 6.25. The minimum absolute atomic E-state index is 0. The van der Waals surface area contributed by atoms with E-state index in [9.17, 15) is 12.8 Å². The van der Waals surface area contributed by atoms with Crippen LogP contribution in [-0.4, -0.2) is 49.1 Å². The standard InChI is InChI=1S/C17H20FN5O2S.ClH/c1-11-8-13(10-22(3)4)20-17-15(16(19-2)21-23(11)17)26(24,25)14-7-5-6-12(18)9-14;/h5-9H,10H2,1-4H3,(H,19,21);1H. The van der Waals surface area contributed by atoms with Crippen LogP contribution in [0.2, 0.25) is 0 Å². The number of sulfone groups is 1. The molecule has 0 saturated heterocycles. The molecule has 0 aliphatic rings. The van der Waals surface area contributed by atoms with E-state index in [4.69, 9.17) is 0 Å². The Hall–Kier alpha value is -2.23. The van der Waals surface area contributed by atoms with Gasteiger partial charge >= 0.3 is 0 Å². The SMILES string of the molecule is CNc1nn2c(C)cc(CN(C)C)nc2c1S(=O)(=O)c1cccc(F)c1.Cl. The van der Waals surface area contributed by atoms with Gasteiger partial charge in [0.25, 0.3) is 0 Å². The molecule has 0 bridgehead atoms. The Bertz CT molecular complexity index is 1080. The summed E-state index contributed by atoms with van der Waals surface area (Å²) in [7, 11) is 1.38. The smallest absolute Gasteiger partial charge is 0.214 e. The molecule has 7 nitrogen and oxygen atoms in total. The average molecular weight is 414 g/mol. The first-order chi connectivity index (χ1) is 12.2. The molecule has 1 N–H and O–H groups in total. The Balaban J connectivity index is 0.00000261. The van der Waals surface area contributed by atoms with E-state index in [-0.39, 0.29) is 33.7 Å². The number of nitrogens with zero attached hydrogens (tertiary/aromatic N) is 4. The topological polar surface area (TPSA) is 79.6 Å². The lowest BCUT2D eigenvalue weighted by Crippen LogP contribution is -2.13. The van der Waals surface area contributed by atoms with E-state index in [0.29, 0.717) is 6.54 Å². The second kappa shape index (κ2) is 7.79. The molecule has 0 spiro atoms. The lowest BCUT2D eigenvalue weighted by atomic mass is 10.3. The largest absolute Gasteiger partial charge is 0.370 e. The molecule has 3 rings (SSSR count). The summed E-state index contributed by atoms with van der Waals surface area (Å²) in [4.78, 5) is 6.25. The van der Waals surface area contributed by atoms with Gasteiger partial charge in [0, 0.05) is 19.3 Å². The quantitative estimate of drug-likeness (QED) is 0.692. The maximum Gasteiger partial charge on any atom is 0.214 e. The van der Waals surface area contributed by atoms with Gasteiger partial charge in [0.2, 0.25) is 9.84 Å². The number of hydrogen-bond donors (Lipinski definition) is 1. The molecule has 0 atom stereocenters. The number of fused-ring (bicyclic) bond motifs is 1. The van der Waals surface area contributed by atoms with Crippen molar-refractivity contribution in [3.05, 3.63) is 47.5 Å². The zero-order valence-corrected chi connectivity index (χ0v) is 17.0. The first-order valence-electron chi connectivity index (χ1n) is 7.96. The van der Waals surface area contributed by atoms with Crippen molar-refractivity contribution in [3.8, 4) is 0 Å². The molecule has 0 saturated carbocycles. The number of benzene rings is 1. The van der Waals surface area contributed by atoms with Gasteiger partial charge in [-0.1, -0.05) is 6.07 Å². The minimum Gasteiger partial charge on any atom is -0.370 e. The lowest BCUT2D eigenvalue weighted by Gasteiger charge is -2.11. The van der Waals surface area contributed by atoms with Crippen LogP contribution in [0.25, 0.3) is 5.65 Å². The average Bonchev–Trinajstić information content (AvgIpc) is 2.94. The molecule has 0 aliphatic carbocycles. The number of anilines is 1. The molecule has 146 valence electrons. The number of hydrogen-bond acceptors (Lipinski definition) is 6. The van der Waals surface area contributed by atoms with E-state index in [2.05, 4.69) is 15.4 Å². The molecule has 0 amide bonds. The van der Waals surface area contributed by atoms with Gasteiger partial charge in [0.1, 0.15) is 5.82 Å². The molecule has 0 fully saturated rings.